The Hall–Kier alpha value is -2.88. The molecule has 2 rings (SSSR count). The van der Waals surface area contributed by atoms with Crippen molar-refractivity contribution in [3.05, 3.63) is 70.9 Å². The number of carbonyl (C=O) groups excluding carboxylic acids is 2. The van der Waals surface area contributed by atoms with Crippen molar-refractivity contribution in [1.82, 2.24) is 5.32 Å². The quantitative estimate of drug-likeness (QED) is 0.627. The molecule has 2 aromatic carbocycles. The first-order valence-corrected chi connectivity index (χ1v) is 8.40. The summed E-state index contributed by atoms with van der Waals surface area (Å²) in [5, 5.41) is 2.61. The number of aryl methyl sites for hydroxylation is 1. The van der Waals surface area contributed by atoms with Crippen LogP contribution in [0.1, 0.15) is 42.3 Å². The van der Waals surface area contributed by atoms with Crippen LogP contribution in [0.5, 0.6) is 5.75 Å². The molecular weight excluding hydrogens is 314 g/mol. The maximum atomic E-state index is 12.1. The molecule has 25 heavy (non-hydrogen) atoms. The smallest absolute Gasteiger partial charge is 0.255 e. The Labute approximate surface area is 149 Å². The van der Waals surface area contributed by atoms with E-state index in [-0.39, 0.29) is 11.6 Å². The van der Waals surface area contributed by atoms with Crippen molar-refractivity contribution in [2.24, 2.45) is 0 Å². The summed E-state index contributed by atoms with van der Waals surface area (Å²) in [6, 6.07) is 14.4. The second kappa shape index (κ2) is 10.8. The number of nitrogens with one attached hydrogen (secondary N) is 1. The van der Waals surface area contributed by atoms with Gasteiger partial charge in [-0.3, -0.25) is 9.59 Å². The lowest BCUT2D eigenvalue weighted by atomic mass is 10.1. The summed E-state index contributed by atoms with van der Waals surface area (Å²) in [6.45, 7) is 8.46. The fourth-order valence-electron chi connectivity index (χ4n) is 2.01. The lowest BCUT2D eigenvalue weighted by Gasteiger charge is -2.06. The minimum absolute atomic E-state index is 0.208. The van der Waals surface area contributed by atoms with Crippen molar-refractivity contribution in [2.45, 2.75) is 27.7 Å². The topological polar surface area (TPSA) is 55.4 Å². The van der Waals surface area contributed by atoms with Crippen LogP contribution in [0.25, 0.3) is 6.08 Å². The van der Waals surface area contributed by atoms with Crippen LogP contribution < -0.4 is 10.1 Å². The van der Waals surface area contributed by atoms with Crippen molar-refractivity contribution in [1.29, 1.82) is 0 Å². The monoisotopic (exact) mass is 339 g/mol. The average molecular weight is 339 g/mol. The summed E-state index contributed by atoms with van der Waals surface area (Å²) in [7, 11) is 0. The first-order chi connectivity index (χ1) is 12.1. The number of ether oxygens (including phenoxy) is 1. The van der Waals surface area contributed by atoms with E-state index in [4.69, 9.17) is 4.74 Å². The third-order valence-corrected chi connectivity index (χ3v) is 3.21. The Morgan fingerprint density at radius 1 is 1.04 bits per heavy atom. The van der Waals surface area contributed by atoms with Gasteiger partial charge in [-0.05, 0) is 49.8 Å². The zero-order chi connectivity index (χ0) is 18.7. The Morgan fingerprint density at radius 2 is 1.64 bits per heavy atom. The van der Waals surface area contributed by atoms with Crippen LogP contribution in [0.15, 0.2) is 54.2 Å². The number of carbonyl (C=O) groups is 2. The van der Waals surface area contributed by atoms with Gasteiger partial charge in [-0.15, -0.1) is 0 Å². The second-order valence-corrected chi connectivity index (χ2v) is 5.04. The highest BCUT2D eigenvalue weighted by Crippen LogP contribution is 2.14. The van der Waals surface area contributed by atoms with E-state index in [0.717, 1.165) is 16.9 Å². The van der Waals surface area contributed by atoms with Crippen molar-refractivity contribution >= 4 is 18.3 Å². The van der Waals surface area contributed by atoms with E-state index in [9.17, 15) is 9.59 Å². The van der Waals surface area contributed by atoms with Gasteiger partial charge in [-0.25, -0.2) is 0 Å². The van der Waals surface area contributed by atoms with Crippen LogP contribution in [-0.4, -0.2) is 18.8 Å². The van der Waals surface area contributed by atoms with Crippen LogP contribution in [0.2, 0.25) is 0 Å². The standard InChI is InChI=1S/C19H19NO3.C2H6/c1-3-23-18-10-6-15(7-11-18)12-17(13-21)20-19(22)16-8-4-14(2)5-9-16;1-2/h4-13H,3H2,1-2H3,(H,20,22);1-2H3/b17-12-;. The van der Waals surface area contributed by atoms with E-state index in [1.54, 1.807) is 18.2 Å². The van der Waals surface area contributed by atoms with Gasteiger partial charge in [0.25, 0.3) is 5.91 Å². The summed E-state index contributed by atoms with van der Waals surface area (Å²) < 4.78 is 5.36. The molecule has 1 N–H and O–H groups in total. The number of amides is 1. The lowest BCUT2D eigenvalue weighted by Crippen LogP contribution is -2.23. The predicted molar refractivity (Wildman–Crippen MR) is 102 cm³/mol. The molecule has 0 aliphatic heterocycles. The number of aldehydes is 1. The molecule has 0 aliphatic carbocycles. The summed E-state index contributed by atoms with van der Waals surface area (Å²) in [5.74, 6) is 0.454. The highest BCUT2D eigenvalue weighted by Gasteiger charge is 2.07. The van der Waals surface area contributed by atoms with Crippen LogP contribution in [0.4, 0.5) is 0 Å². The molecule has 0 aromatic heterocycles. The van der Waals surface area contributed by atoms with E-state index in [2.05, 4.69) is 5.32 Å². The number of rotatable bonds is 6. The largest absolute Gasteiger partial charge is 0.494 e. The van der Waals surface area contributed by atoms with E-state index in [1.807, 2.05) is 64.1 Å². The van der Waals surface area contributed by atoms with Gasteiger partial charge in [-0.1, -0.05) is 43.7 Å². The van der Waals surface area contributed by atoms with E-state index in [1.165, 1.54) is 0 Å². The molecule has 4 heteroatoms. The van der Waals surface area contributed by atoms with Crippen LogP contribution in [-0.2, 0) is 4.79 Å². The molecule has 0 unspecified atom stereocenters. The molecule has 0 aliphatic rings. The molecule has 0 bridgehead atoms. The van der Waals surface area contributed by atoms with Crippen LogP contribution in [0, 0.1) is 6.92 Å². The highest BCUT2D eigenvalue weighted by atomic mass is 16.5. The Bertz CT molecular complexity index is 701. The molecule has 0 saturated carbocycles. The fraction of sp³-hybridized carbons (Fsp3) is 0.238. The van der Waals surface area contributed by atoms with Gasteiger partial charge in [0.2, 0.25) is 0 Å². The van der Waals surface area contributed by atoms with Crippen LogP contribution >= 0.6 is 0 Å². The van der Waals surface area contributed by atoms with E-state index >= 15 is 0 Å². The zero-order valence-corrected chi connectivity index (χ0v) is 15.2. The summed E-state index contributed by atoms with van der Waals surface area (Å²) >= 11 is 0. The average Bonchev–Trinajstić information content (AvgIpc) is 2.65. The molecule has 0 radical (unpaired) electrons. The Balaban J connectivity index is 0.00000151. The Kier molecular flexibility index (Phi) is 8.72. The minimum atomic E-state index is -0.311. The third kappa shape index (κ3) is 6.63. The number of hydrogen-bond acceptors (Lipinski definition) is 3. The van der Waals surface area contributed by atoms with Gasteiger partial charge in [0, 0.05) is 5.56 Å². The number of benzene rings is 2. The van der Waals surface area contributed by atoms with Gasteiger partial charge in [0.05, 0.1) is 12.3 Å². The van der Waals surface area contributed by atoms with Crippen molar-refractivity contribution in [2.75, 3.05) is 6.61 Å². The fourth-order valence-corrected chi connectivity index (χ4v) is 2.01. The van der Waals surface area contributed by atoms with Crippen molar-refractivity contribution in [3.63, 3.8) is 0 Å². The van der Waals surface area contributed by atoms with Crippen LogP contribution in [0.3, 0.4) is 0 Å². The maximum absolute atomic E-state index is 12.1. The molecule has 0 atom stereocenters. The summed E-state index contributed by atoms with van der Waals surface area (Å²) in [5.41, 5.74) is 2.59. The summed E-state index contributed by atoms with van der Waals surface area (Å²) in [4.78, 5) is 23.3. The van der Waals surface area contributed by atoms with E-state index < -0.39 is 0 Å². The Morgan fingerprint density at radius 3 is 2.16 bits per heavy atom. The molecule has 132 valence electrons. The van der Waals surface area contributed by atoms with Gasteiger partial charge < -0.3 is 10.1 Å². The molecule has 4 nitrogen and oxygen atoms in total. The number of hydrogen-bond donors (Lipinski definition) is 1. The maximum Gasteiger partial charge on any atom is 0.255 e. The second-order valence-electron chi connectivity index (χ2n) is 5.04. The molecule has 2 aromatic rings. The lowest BCUT2D eigenvalue weighted by molar-refractivity contribution is -0.105. The van der Waals surface area contributed by atoms with E-state index in [0.29, 0.717) is 18.5 Å². The first-order valence-electron chi connectivity index (χ1n) is 8.40. The van der Waals surface area contributed by atoms with Crippen molar-refractivity contribution < 1.29 is 14.3 Å². The molecule has 1 amide bonds. The van der Waals surface area contributed by atoms with Gasteiger partial charge in [0.1, 0.15) is 5.75 Å². The minimum Gasteiger partial charge on any atom is -0.494 e. The summed E-state index contributed by atoms with van der Waals surface area (Å²) in [6.07, 6.45) is 2.25. The van der Waals surface area contributed by atoms with Gasteiger partial charge in [0.15, 0.2) is 6.29 Å². The molecule has 0 fully saturated rings. The molecule has 0 heterocycles. The predicted octanol–water partition coefficient (Wildman–Crippen LogP) is 4.39. The first kappa shape index (κ1) is 20.2. The normalized spacial score (nSPS) is 10.3. The van der Waals surface area contributed by atoms with Gasteiger partial charge >= 0.3 is 0 Å². The van der Waals surface area contributed by atoms with Crippen molar-refractivity contribution in [3.8, 4) is 5.75 Å². The highest BCUT2D eigenvalue weighted by molar-refractivity contribution is 5.99. The SMILES string of the molecule is CC.CCOc1ccc(/C=C(/C=O)NC(=O)c2ccc(C)cc2)cc1. The number of allylic oxidation sites excluding steroid dienone is 1. The molecular formula is C21H25NO3. The third-order valence-electron chi connectivity index (χ3n) is 3.21. The molecule has 0 saturated heterocycles. The van der Waals surface area contributed by atoms with Gasteiger partial charge in [-0.2, -0.15) is 0 Å². The molecule has 0 spiro atoms. The zero-order valence-electron chi connectivity index (χ0n) is 15.2.